The minimum absolute atomic E-state index is 0.513. The third-order valence-electron chi connectivity index (χ3n) is 13.4. The van der Waals surface area contributed by atoms with Crippen LogP contribution in [0.15, 0.2) is 241 Å². The molecule has 10 aromatic carbocycles. The quantitative estimate of drug-likeness (QED) is 0.159. The third kappa shape index (κ3) is 5.44. The Kier molecular flexibility index (Phi) is 8.34. The van der Waals surface area contributed by atoms with Crippen LogP contribution < -0.4 is 4.90 Å². The molecule has 3 heteroatoms. The van der Waals surface area contributed by atoms with Crippen LogP contribution in [0.1, 0.15) is 22.3 Å². The Hall–Kier alpha value is -7.98. The van der Waals surface area contributed by atoms with Crippen LogP contribution in [0, 0.1) is 0 Å². The van der Waals surface area contributed by atoms with Crippen LogP contribution >= 0.6 is 11.3 Å². The molecule has 0 saturated carbocycles. The first-order valence-electron chi connectivity index (χ1n) is 21.9. The molecular weight excluding hydrogens is 795 g/mol. The second kappa shape index (κ2) is 14.6. The molecule has 2 nitrogen and oxygen atoms in total. The van der Waals surface area contributed by atoms with Gasteiger partial charge in [0.1, 0.15) is 11.2 Å². The van der Waals surface area contributed by atoms with Gasteiger partial charge in [0.2, 0.25) is 0 Å². The average molecular weight is 834 g/mol. The Bertz CT molecular complexity index is 3690. The van der Waals surface area contributed by atoms with E-state index in [1.807, 2.05) is 23.5 Å². The lowest BCUT2D eigenvalue weighted by Gasteiger charge is -2.34. The Morgan fingerprint density at radius 2 is 0.984 bits per heavy atom. The summed E-state index contributed by atoms with van der Waals surface area (Å²) in [7, 11) is 0. The molecule has 0 unspecified atom stereocenters. The largest absolute Gasteiger partial charge is 0.455 e. The van der Waals surface area contributed by atoms with Crippen LogP contribution in [0.4, 0.5) is 17.1 Å². The van der Waals surface area contributed by atoms with E-state index in [2.05, 4.69) is 229 Å². The Morgan fingerprint density at radius 1 is 0.391 bits per heavy atom. The molecule has 2 heterocycles. The number of hydrogen-bond acceptors (Lipinski definition) is 3. The average Bonchev–Trinajstić information content (AvgIpc) is 4.04. The zero-order valence-electron chi connectivity index (χ0n) is 34.8. The number of furan rings is 1. The van der Waals surface area contributed by atoms with Crippen molar-refractivity contribution in [2.24, 2.45) is 0 Å². The summed E-state index contributed by atoms with van der Waals surface area (Å²) in [6.45, 7) is 0. The van der Waals surface area contributed by atoms with E-state index in [9.17, 15) is 0 Å². The van der Waals surface area contributed by atoms with Crippen LogP contribution in [-0.2, 0) is 5.41 Å². The minimum Gasteiger partial charge on any atom is -0.455 e. The lowest BCUT2D eigenvalue weighted by atomic mass is 9.68. The highest BCUT2D eigenvalue weighted by molar-refractivity contribution is 7.26. The Labute approximate surface area is 375 Å². The van der Waals surface area contributed by atoms with Gasteiger partial charge in [-0.25, -0.2) is 0 Å². The van der Waals surface area contributed by atoms with Crippen LogP contribution in [0.3, 0.4) is 0 Å². The molecule has 0 spiro atoms. The van der Waals surface area contributed by atoms with Crippen molar-refractivity contribution in [3.8, 4) is 33.4 Å². The van der Waals surface area contributed by atoms with Gasteiger partial charge in [0, 0.05) is 43.1 Å². The van der Waals surface area contributed by atoms with Gasteiger partial charge >= 0.3 is 0 Å². The molecule has 0 radical (unpaired) electrons. The predicted octanol–water partition coefficient (Wildman–Crippen LogP) is 17.1. The van der Waals surface area contributed by atoms with E-state index in [0.29, 0.717) is 0 Å². The fraction of sp³-hybridized carbons (Fsp3) is 0.0164. The maximum absolute atomic E-state index is 6.47. The van der Waals surface area contributed by atoms with E-state index in [1.54, 1.807) is 0 Å². The summed E-state index contributed by atoms with van der Waals surface area (Å²) in [4.78, 5) is 2.52. The minimum atomic E-state index is -0.513. The molecule has 1 aliphatic rings. The maximum Gasteiger partial charge on any atom is 0.143 e. The van der Waals surface area contributed by atoms with Crippen LogP contribution in [0.25, 0.3) is 75.5 Å². The molecule has 0 fully saturated rings. The first kappa shape index (κ1) is 36.7. The highest BCUT2D eigenvalue weighted by atomic mass is 32.1. The molecule has 12 aromatic rings. The van der Waals surface area contributed by atoms with Crippen LogP contribution in [0.5, 0.6) is 0 Å². The molecule has 13 rings (SSSR count). The highest BCUT2D eigenvalue weighted by Crippen LogP contribution is 2.60. The third-order valence-corrected chi connectivity index (χ3v) is 14.6. The fourth-order valence-electron chi connectivity index (χ4n) is 10.6. The van der Waals surface area contributed by atoms with Crippen molar-refractivity contribution in [2.75, 3.05) is 4.90 Å². The van der Waals surface area contributed by atoms with Crippen LogP contribution in [0.2, 0.25) is 0 Å². The van der Waals surface area contributed by atoms with Crippen molar-refractivity contribution in [3.63, 3.8) is 0 Å². The molecule has 2 aromatic heterocycles. The summed E-state index contributed by atoms with van der Waals surface area (Å²) in [5.41, 5.74) is 16.8. The van der Waals surface area contributed by atoms with Crippen molar-refractivity contribution in [1.29, 1.82) is 0 Å². The van der Waals surface area contributed by atoms with Crippen molar-refractivity contribution in [2.45, 2.75) is 5.41 Å². The maximum atomic E-state index is 6.47. The van der Waals surface area contributed by atoms with Gasteiger partial charge in [-0.05, 0) is 87.0 Å². The number of nitrogens with zero attached hydrogens (tertiary/aromatic N) is 1. The number of rotatable bonds is 7. The summed E-state index contributed by atoms with van der Waals surface area (Å²) in [6.07, 6.45) is 0. The van der Waals surface area contributed by atoms with Gasteiger partial charge in [-0.1, -0.05) is 194 Å². The molecule has 0 bridgehead atoms. The summed E-state index contributed by atoms with van der Waals surface area (Å²) in [5, 5.41) is 4.83. The number of benzene rings is 10. The first-order valence-corrected chi connectivity index (χ1v) is 22.7. The van der Waals surface area contributed by atoms with Crippen molar-refractivity contribution in [1.82, 2.24) is 0 Å². The van der Waals surface area contributed by atoms with Gasteiger partial charge in [-0.15, -0.1) is 11.3 Å². The summed E-state index contributed by atoms with van der Waals surface area (Å²) in [6, 6.07) is 86.5. The number of hydrogen-bond donors (Lipinski definition) is 0. The summed E-state index contributed by atoms with van der Waals surface area (Å²) >= 11 is 1.87. The highest BCUT2D eigenvalue weighted by Gasteiger charge is 2.47. The number of fused-ring (bicyclic) bond motifs is 9. The van der Waals surface area contributed by atoms with E-state index < -0.39 is 5.41 Å². The van der Waals surface area contributed by atoms with Gasteiger partial charge in [-0.2, -0.15) is 0 Å². The van der Waals surface area contributed by atoms with E-state index >= 15 is 0 Å². The van der Waals surface area contributed by atoms with Crippen molar-refractivity contribution < 1.29 is 4.42 Å². The Balaban J connectivity index is 1.01. The molecule has 0 atom stereocenters. The molecule has 0 saturated heterocycles. The zero-order chi connectivity index (χ0) is 42.2. The second-order valence-corrected chi connectivity index (χ2v) is 17.8. The first-order chi connectivity index (χ1) is 31.8. The Morgan fingerprint density at radius 3 is 1.81 bits per heavy atom. The van der Waals surface area contributed by atoms with E-state index in [-0.39, 0.29) is 0 Å². The number of anilines is 3. The van der Waals surface area contributed by atoms with Gasteiger partial charge in [0.25, 0.3) is 0 Å². The molecular formula is C61H39NOS. The normalized spacial score (nSPS) is 12.8. The zero-order valence-corrected chi connectivity index (χ0v) is 35.6. The van der Waals surface area contributed by atoms with Gasteiger partial charge < -0.3 is 9.32 Å². The molecule has 0 N–H and O–H groups in total. The lowest BCUT2D eigenvalue weighted by molar-refractivity contribution is 0.670. The summed E-state index contributed by atoms with van der Waals surface area (Å²) < 4.78 is 9.02. The monoisotopic (exact) mass is 833 g/mol. The van der Waals surface area contributed by atoms with Gasteiger partial charge in [0.15, 0.2) is 0 Å². The summed E-state index contributed by atoms with van der Waals surface area (Å²) in [5.74, 6) is 0. The molecule has 1 aliphatic carbocycles. The lowest BCUT2D eigenvalue weighted by Crippen LogP contribution is -2.28. The molecule has 64 heavy (non-hydrogen) atoms. The smallest absolute Gasteiger partial charge is 0.143 e. The fourth-order valence-corrected chi connectivity index (χ4v) is 11.8. The van der Waals surface area contributed by atoms with Crippen molar-refractivity contribution in [3.05, 3.63) is 259 Å². The number of thiophene rings is 1. The van der Waals surface area contributed by atoms with Gasteiger partial charge in [-0.3, -0.25) is 0 Å². The SMILES string of the molecule is c1ccc(C2(c3ccccc3)c3ccccc3-c3c(N(c4ccc(-c5cccc(-c6cccc7c6oc6ccccc67)c5)cc4)c4cccc5c4sc4ccccc45)cccc32)cc1. The molecule has 0 amide bonds. The van der Waals surface area contributed by atoms with Crippen LogP contribution in [-0.4, -0.2) is 0 Å². The molecule has 0 aliphatic heterocycles. The molecule has 300 valence electrons. The van der Waals surface area contributed by atoms with E-state index in [1.165, 1.54) is 53.6 Å². The van der Waals surface area contributed by atoms with Crippen molar-refractivity contribution >= 4 is 70.5 Å². The number of para-hydroxylation sites is 2. The topological polar surface area (TPSA) is 16.4 Å². The standard InChI is InChI=1S/C61H39NOS/c1-3-19-43(20-4-1)61(44-21-5-2-6-22-44)52-29-10-7-25-51(52)58-53(61)30-16-31-54(58)62(55-32-15-28-50-48-24-9-12-34-57(48)64-60(50)55)45-37-35-40(36-38-45)41-17-13-18-42(39-41)46-26-14-27-49-47-23-8-11-33-56(47)63-59(46)49/h1-39H. The predicted molar refractivity (Wildman–Crippen MR) is 269 cm³/mol. The van der Waals surface area contributed by atoms with Gasteiger partial charge in [0.05, 0.1) is 21.5 Å². The van der Waals surface area contributed by atoms with E-state index in [4.69, 9.17) is 4.42 Å². The second-order valence-electron chi connectivity index (χ2n) is 16.7. The van der Waals surface area contributed by atoms with E-state index in [0.717, 1.165) is 61.3 Å².